The van der Waals surface area contributed by atoms with Crippen LogP contribution in [0.2, 0.25) is 0 Å². The Morgan fingerprint density at radius 1 is 1.21 bits per heavy atom. The molecule has 3 aromatic rings. The van der Waals surface area contributed by atoms with Crippen molar-refractivity contribution >= 4 is 17.0 Å². The van der Waals surface area contributed by atoms with Crippen LogP contribution in [0.3, 0.4) is 0 Å². The Bertz CT molecular complexity index is 905. The standard InChI is InChI=1S/C19H20FN3O/c1-23-16-8-4-7-15(20)17(16)22-18(23)21-12-19(24)10-9-13-5-2-3-6-14(13)11-19/h2-8,24H,9-12H2,1H3,(H,21,22). The smallest absolute Gasteiger partial charge is 0.203 e. The molecular formula is C19H20FN3O. The van der Waals surface area contributed by atoms with Gasteiger partial charge in [-0.3, -0.25) is 0 Å². The Kier molecular flexibility index (Phi) is 3.53. The molecule has 0 aliphatic heterocycles. The van der Waals surface area contributed by atoms with E-state index in [1.54, 1.807) is 6.07 Å². The zero-order valence-corrected chi connectivity index (χ0v) is 13.6. The van der Waals surface area contributed by atoms with Crippen LogP contribution in [0.4, 0.5) is 10.3 Å². The van der Waals surface area contributed by atoms with Crippen molar-refractivity contribution in [3.8, 4) is 0 Å². The van der Waals surface area contributed by atoms with Crippen molar-refractivity contribution < 1.29 is 9.50 Å². The highest BCUT2D eigenvalue weighted by Gasteiger charge is 2.32. The maximum absolute atomic E-state index is 13.9. The summed E-state index contributed by atoms with van der Waals surface area (Å²) < 4.78 is 15.7. The van der Waals surface area contributed by atoms with Gasteiger partial charge in [-0.15, -0.1) is 0 Å². The number of aryl methyl sites for hydroxylation is 2. The molecule has 4 rings (SSSR count). The summed E-state index contributed by atoms with van der Waals surface area (Å²) in [5, 5.41) is 14.1. The average molecular weight is 325 g/mol. The third-order valence-corrected chi connectivity index (χ3v) is 4.94. The molecule has 4 nitrogen and oxygen atoms in total. The first-order chi connectivity index (χ1) is 11.6. The lowest BCUT2D eigenvalue weighted by Crippen LogP contribution is -2.42. The maximum atomic E-state index is 13.9. The molecule has 1 atom stereocenters. The van der Waals surface area contributed by atoms with Crippen LogP contribution in [-0.4, -0.2) is 26.8 Å². The third kappa shape index (κ3) is 2.55. The molecule has 1 aliphatic rings. The van der Waals surface area contributed by atoms with E-state index in [9.17, 15) is 9.50 Å². The van der Waals surface area contributed by atoms with Crippen molar-refractivity contribution in [2.45, 2.75) is 24.9 Å². The monoisotopic (exact) mass is 325 g/mol. The molecule has 0 fully saturated rings. The highest BCUT2D eigenvalue weighted by atomic mass is 19.1. The second kappa shape index (κ2) is 5.60. The van der Waals surface area contributed by atoms with Crippen LogP contribution in [0, 0.1) is 5.82 Å². The minimum Gasteiger partial charge on any atom is -0.388 e. The van der Waals surface area contributed by atoms with Crippen LogP contribution < -0.4 is 5.32 Å². The second-order valence-corrected chi connectivity index (χ2v) is 6.63. The zero-order valence-electron chi connectivity index (χ0n) is 13.6. The zero-order chi connectivity index (χ0) is 16.7. The Morgan fingerprint density at radius 3 is 2.79 bits per heavy atom. The van der Waals surface area contributed by atoms with Crippen LogP contribution in [-0.2, 0) is 19.9 Å². The topological polar surface area (TPSA) is 50.1 Å². The lowest BCUT2D eigenvalue weighted by atomic mass is 9.80. The summed E-state index contributed by atoms with van der Waals surface area (Å²) in [5.41, 5.74) is 2.78. The van der Waals surface area contributed by atoms with E-state index in [-0.39, 0.29) is 5.82 Å². The van der Waals surface area contributed by atoms with Crippen LogP contribution in [0.1, 0.15) is 17.5 Å². The molecule has 0 amide bonds. The molecule has 2 aromatic carbocycles. The van der Waals surface area contributed by atoms with Crippen molar-refractivity contribution in [1.82, 2.24) is 9.55 Å². The number of nitrogens with zero attached hydrogens (tertiary/aromatic N) is 2. The van der Waals surface area contributed by atoms with Gasteiger partial charge in [0.25, 0.3) is 0 Å². The molecule has 24 heavy (non-hydrogen) atoms. The van der Waals surface area contributed by atoms with Gasteiger partial charge in [0.2, 0.25) is 5.95 Å². The summed E-state index contributed by atoms with van der Waals surface area (Å²) >= 11 is 0. The molecule has 0 spiro atoms. The summed E-state index contributed by atoms with van der Waals surface area (Å²) in [6.45, 7) is 0.389. The van der Waals surface area contributed by atoms with Crippen molar-refractivity contribution in [2.24, 2.45) is 7.05 Å². The Labute approximate surface area is 140 Å². The van der Waals surface area contributed by atoms with Gasteiger partial charge < -0.3 is 15.0 Å². The first-order valence-corrected chi connectivity index (χ1v) is 8.20. The summed E-state index contributed by atoms with van der Waals surface area (Å²) in [4.78, 5) is 4.34. The number of rotatable bonds is 3. The van der Waals surface area contributed by atoms with E-state index in [0.29, 0.717) is 30.9 Å². The van der Waals surface area contributed by atoms with Gasteiger partial charge in [0.15, 0.2) is 5.82 Å². The number of anilines is 1. The number of fused-ring (bicyclic) bond motifs is 2. The van der Waals surface area contributed by atoms with E-state index < -0.39 is 5.60 Å². The summed E-state index contributed by atoms with van der Waals surface area (Å²) in [5.74, 6) is 0.240. The average Bonchev–Trinajstić information content (AvgIpc) is 2.91. The molecule has 0 bridgehead atoms. The van der Waals surface area contributed by atoms with E-state index in [0.717, 1.165) is 11.9 Å². The largest absolute Gasteiger partial charge is 0.388 e. The molecule has 1 heterocycles. The van der Waals surface area contributed by atoms with Gasteiger partial charge in [0, 0.05) is 20.0 Å². The van der Waals surface area contributed by atoms with Gasteiger partial charge in [-0.1, -0.05) is 30.3 Å². The first-order valence-electron chi connectivity index (χ1n) is 8.20. The second-order valence-electron chi connectivity index (χ2n) is 6.63. The third-order valence-electron chi connectivity index (χ3n) is 4.94. The highest BCUT2D eigenvalue weighted by Crippen LogP contribution is 2.29. The van der Waals surface area contributed by atoms with E-state index in [1.165, 1.54) is 17.2 Å². The molecule has 0 radical (unpaired) electrons. The van der Waals surface area contributed by atoms with Gasteiger partial charge in [-0.25, -0.2) is 9.37 Å². The Balaban J connectivity index is 1.55. The lowest BCUT2D eigenvalue weighted by molar-refractivity contribution is 0.0394. The molecule has 2 N–H and O–H groups in total. The number of hydrogen-bond donors (Lipinski definition) is 2. The van der Waals surface area contributed by atoms with Crippen LogP contribution in [0.15, 0.2) is 42.5 Å². The number of imidazole rings is 1. The number of hydrogen-bond acceptors (Lipinski definition) is 3. The van der Waals surface area contributed by atoms with Crippen LogP contribution in [0.5, 0.6) is 0 Å². The van der Waals surface area contributed by atoms with Crippen molar-refractivity contribution in [2.75, 3.05) is 11.9 Å². The number of aliphatic hydroxyl groups is 1. The number of para-hydroxylation sites is 1. The number of halogens is 1. The normalized spacial score (nSPS) is 20.1. The maximum Gasteiger partial charge on any atom is 0.203 e. The summed E-state index contributed by atoms with van der Waals surface area (Å²) in [6, 6.07) is 13.2. The fourth-order valence-electron chi connectivity index (χ4n) is 3.52. The molecule has 124 valence electrons. The summed E-state index contributed by atoms with van der Waals surface area (Å²) in [7, 11) is 1.84. The van der Waals surface area contributed by atoms with Crippen LogP contribution in [0.25, 0.3) is 11.0 Å². The molecule has 0 saturated carbocycles. The molecular weight excluding hydrogens is 305 g/mol. The van der Waals surface area contributed by atoms with Gasteiger partial charge in [0.1, 0.15) is 5.52 Å². The fourth-order valence-corrected chi connectivity index (χ4v) is 3.52. The predicted molar refractivity (Wildman–Crippen MR) is 92.6 cm³/mol. The van der Waals surface area contributed by atoms with E-state index >= 15 is 0 Å². The van der Waals surface area contributed by atoms with Crippen LogP contribution >= 0.6 is 0 Å². The highest BCUT2D eigenvalue weighted by molar-refractivity contribution is 5.79. The fraction of sp³-hybridized carbons (Fsp3) is 0.316. The molecule has 5 heteroatoms. The minimum absolute atomic E-state index is 0.332. The Hall–Kier alpha value is -2.40. The van der Waals surface area contributed by atoms with Crippen molar-refractivity contribution in [3.05, 3.63) is 59.4 Å². The number of nitrogens with one attached hydrogen (secondary N) is 1. The quantitative estimate of drug-likeness (QED) is 0.778. The lowest BCUT2D eigenvalue weighted by Gasteiger charge is -2.33. The van der Waals surface area contributed by atoms with Gasteiger partial charge >= 0.3 is 0 Å². The van der Waals surface area contributed by atoms with Crippen molar-refractivity contribution in [1.29, 1.82) is 0 Å². The number of benzene rings is 2. The Morgan fingerprint density at radius 2 is 2.00 bits per heavy atom. The molecule has 1 aromatic heterocycles. The van der Waals surface area contributed by atoms with Gasteiger partial charge in [-0.05, 0) is 36.1 Å². The predicted octanol–water partition coefficient (Wildman–Crippen LogP) is 3.04. The summed E-state index contributed by atoms with van der Waals surface area (Å²) in [6.07, 6.45) is 2.19. The van der Waals surface area contributed by atoms with E-state index in [1.807, 2.05) is 29.8 Å². The SMILES string of the molecule is Cn1c(NCC2(O)CCc3ccccc3C2)nc2c(F)cccc21. The van der Waals surface area contributed by atoms with Crippen molar-refractivity contribution in [3.63, 3.8) is 0 Å². The molecule has 1 unspecified atom stereocenters. The first kappa shape index (κ1) is 15.1. The minimum atomic E-state index is -0.814. The number of aromatic nitrogens is 2. The molecule has 1 aliphatic carbocycles. The van der Waals surface area contributed by atoms with Gasteiger partial charge in [-0.2, -0.15) is 0 Å². The molecule has 0 saturated heterocycles. The van der Waals surface area contributed by atoms with E-state index in [4.69, 9.17) is 0 Å². The van der Waals surface area contributed by atoms with E-state index in [2.05, 4.69) is 22.4 Å². The van der Waals surface area contributed by atoms with Gasteiger partial charge in [0.05, 0.1) is 11.1 Å².